The van der Waals surface area contributed by atoms with E-state index in [4.69, 9.17) is 11.6 Å². The smallest absolute Gasteiger partial charge is 0.243 e. The van der Waals surface area contributed by atoms with Crippen molar-refractivity contribution in [2.75, 3.05) is 5.75 Å². The molecule has 0 saturated heterocycles. The van der Waals surface area contributed by atoms with E-state index in [1.54, 1.807) is 28.8 Å². The molecule has 2 aromatic carbocycles. The Bertz CT molecular complexity index is 839. The summed E-state index contributed by atoms with van der Waals surface area (Å²) >= 11 is 7.57. The van der Waals surface area contributed by atoms with Crippen LogP contribution in [0.2, 0.25) is 5.02 Å². The molecule has 2 amide bonds. The summed E-state index contributed by atoms with van der Waals surface area (Å²) in [6.07, 6.45) is 0.556. The average Bonchev–Trinajstić information content (AvgIpc) is 2.68. The molecule has 1 N–H and O–H groups in total. The van der Waals surface area contributed by atoms with Gasteiger partial charge in [0.05, 0.1) is 5.75 Å². The van der Waals surface area contributed by atoms with Crippen molar-refractivity contribution in [3.05, 3.63) is 70.2 Å². The van der Waals surface area contributed by atoms with Crippen LogP contribution in [0, 0.1) is 6.92 Å². The number of amides is 2. The van der Waals surface area contributed by atoms with Crippen LogP contribution in [0.5, 0.6) is 0 Å². The van der Waals surface area contributed by atoms with Crippen molar-refractivity contribution in [1.82, 2.24) is 10.2 Å². The van der Waals surface area contributed by atoms with Crippen LogP contribution in [-0.2, 0) is 21.9 Å². The van der Waals surface area contributed by atoms with Gasteiger partial charge in [-0.1, -0.05) is 60.5 Å². The topological polar surface area (TPSA) is 49.4 Å². The van der Waals surface area contributed by atoms with Gasteiger partial charge in [-0.05, 0) is 50.5 Å². The Hall–Kier alpha value is -1.98. The molecule has 0 radical (unpaired) electrons. The molecule has 162 valence electrons. The Morgan fingerprint density at radius 1 is 1.10 bits per heavy atom. The zero-order valence-corrected chi connectivity index (χ0v) is 19.7. The third kappa shape index (κ3) is 7.69. The molecule has 2 rings (SSSR count). The fraction of sp³-hybridized carbons (Fsp3) is 0.417. The molecule has 30 heavy (non-hydrogen) atoms. The molecule has 6 heteroatoms. The number of hydrogen-bond acceptors (Lipinski definition) is 3. The van der Waals surface area contributed by atoms with Gasteiger partial charge in [0.15, 0.2) is 0 Å². The summed E-state index contributed by atoms with van der Waals surface area (Å²) in [6, 6.07) is 15.2. The van der Waals surface area contributed by atoms with Gasteiger partial charge in [-0.3, -0.25) is 9.59 Å². The van der Waals surface area contributed by atoms with Crippen molar-refractivity contribution in [2.45, 2.75) is 58.5 Å². The van der Waals surface area contributed by atoms with Crippen LogP contribution in [0.3, 0.4) is 0 Å². The van der Waals surface area contributed by atoms with E-state index in [0.29, 0.717) is 23.7 Å². The standard InChI is InChI=1S/C24H31ClN2O2S/c1-5-22(24(29)26-17(2)3)27(14-19-9-11-21(25)12-10-19)23(28)16-30-15-20-8-6-7-18(4)13-20/h6-13,17,22H,5,14-16H2,1-4H3,(H,26,29). The van der Waals surface area contributed by atoms with E-state index >= 15 is 0 Å². The lowest BCUT2D eigenvalue weighted by Gasteiger charge is -2.31. The van der Waals surface area contributed by atoms with Gasteiger partial charge in [-0.2, -0.15) is 0 Å². The van der Waals surface area contributed by atoms with E-state index in [1.807, 2.05) is 39.0 Å². The number of thioether (sulfide) groups is 1. The van der Waals surface area contributed by atoms with E-state index in [-0.39, 0.29) is 17.9 Å². The molecule has 0 bridgehead atoms. The van der Waals surface area contributed by atoms with E-state index in [2.05, 4.69) is 30.4 Å². The van der Waals surface area contributed by atoms with Crippen molar-refractivity contribution in [2.24, 2.45) is 0 Å². The van der Waals surface area contributed by atoms with Gasteiger partial charge in [0.2, 0.25) is 11.8 Å². The number of carbonyl (C=O) groups is 2. The highest BCUT2D eigenvalue weighted by Crippen LogP contribution is 2.19. The highest BCUT2D eigenvalue weighted by atomic mass is 35.5. The van der Waals surface area contributed by atoms with Gasteiger partial charge >= 0.3 is 0 Å². The molecule has 2 aromatic rings. The summed E-state index contributed by atoms with van der Waals surface area (Å²) < 4.78 is 0. The maximum absolute atomic E-state index is 13.2. The average molecular weight is 447 g/mol. The molecule has 0 heterocycles. The van der Waals surface area contributed by atoms with Gasteiger partial charge in [0.1, 0.15) is 6.04 Å². The van der Waals surface area contributed by atoms with Crippen LogP contribution in [0.25, 0.3) is 0 Å². The Labute approximate surface area is 189 Å². The molecule has 0 aliphatic heterocycles. The normalized spacial score (nSPS) is 11.9. The van der Waals surface area contributed by atoms with Crippen molar-refractivity contribution < 1.29 is 9.59 Å². The lowest BCUT2D eigenvalue weighted by Crippen LogP contribution is -2.50. The van der Waals surface area contributed by atoms with Crippen LogP contribution in [0.15, 0.2) is 48.5 Å². The van der Waals surface area contributed by atoms with Crippen LogP contribution >= 0.6 is 23.4 Å². The van der Waals surface area contributed by atoms with Crippen molar-refractivity contribution in [3.63, 3.8) is 0 Å². The van der Waals surface area contributed by atoms with E-state index in [1.165, 1.54) is 11.1 Å². The van der Waals surface area contributed by atoms with Crippen LogP contribution in [0.1, 0.15) is 43.9 Å². The molecule has 0 aromatic heterocycles. The summed E-state index contributed by atoms with van der Waals surface area (Å²) in [4.78, 5) is 27.6. The second-order valence-corrected chi connectivity index (χ2v) is 9.14. The summed E-state index contributed by atoms with van der Waals surface area (Å²) in [5.41, 5.74) is 3.36. The Kier molecular flexibility index (Phi) is 9.73. The lowest BCUT2D eigenvalue weighted by molar-refractivity contribution is -0.139. The predicted molar refractivity (Wildman–Crippen MR) is 127 cm³/mol. The second-order valence-electron chi connectivity index (χ2n) is 7.72. The molecule has 0 spiro atoms. The predicted octanol–water partition coefficient (Wildman–Crippen LogP) is 5.21. The minimum atomic E-state index is -0.504. The molecule has 0 fully saturated rings. The third-order valence-corrected chi connectivity index (χ3v) is 5.90. The van der Waals surface area contributed by atoms with Crippen LogP contribution in [0.4, 0.5) is 0 Å². The summed E-state index contributed by atoms with van der Waals surface area (Å²) in [5.74, 6) is 0.941. The van der Waals surface area contributed by atoms with Gasteiger partial charge < -0.3 is 10.2 Å². The third-order valence-electron chi connectivity index (χ3n) is 4.66. The van der Waals surface area contributed by atoms with E-state index < -0.39 is 6.04 Å². The molecular weight excluding hydrogens is 416 g/mol. The fourth-order valence-electron chi connectivity index (χ4n) is 3.23. The number of halogens is 1. The first-order valence-electron chi connectivity index (χ1n) is 10.3. The van der Waals surface area contributed by atoms with E-state index in [0.717, 1.165) is 11.3 Å². The van der Waals surface area contributed by atoms with Gasteiger partial charge in [0, 0.05) is 23.4 Å². The number of nitrogens with zero attached hydrogens (tertiary/aromatic N) is 1. The van der Waals surface area contributed by atoms with E-state index in [9.17, 15) is 9.59 Å². The Morgan fingerprint density at radius 3 is 2.40 bits per heavy atom. The highest BCUT2D eigenvalue weighted by molar-refractivity contribution is 7.99. The number of benzene rings is 2. The lowest BCUT2D eigenvalue weighted by atomic mass is 10.1. The molecule has 0 aliphatic carbocycles. The maximum Gasteiger partial charge on any atom is 0.243 e. The molecule has 1 unspecified atom stereocenters. The monoisotopic (exact) mass is 446 g/mol. The van der Waals surface area contributed by atoms with Gasteiger partial charge in [-0.25, -0.2) is 0 Å². The van der Waals surface area contributed by atoms with Crippen molar-refractivity contribution >= 4 is 35.2 Å². The minimum Gasteiger partial charge on any atom is -0.352 e. The summed E-state index contributed by atoms with van der Waals surface area (Å²) in [7, 11) is 0. The first kappa shape index (κ1) is 24.3. The largest absolute Gasteiger partial charge is 0.352 e. The second kappa shape index (κ2) is 12.0. The summed E-state index contributed by atoms with van der Waals surface area (Å²) in [5, 5.41) is 3.60. The molecule has 0 aliphatic rings. The first-order chi connectivity index (χ1) is 14.3. The number of carbonyl (C=O) groups excluding carboxylic acids is 2. The maximum atomic E-state index is 13.2. The van der Waals surface area contributed by atoms with Crippen molar-refractivity contribution in [3.8, 4) is 0 Å². The molecule has 0 saturated carbocycles. The number of nitrogens with one attached hydrogen (secondary N) is 1. The van der Waals surface area contributed by atoms with Crippen LogP contribution < -0.4 is 5.32 Å². The highest BCUT2D eigenvalue weighted by Gasteiger charge is 2.28. The summed E-state index contributed by atoms with van der Waals surface area (Å²) in [6.45, 7) is 8.23. The number of aryl methyl sites for hydroxylation is 1. The SMILES string of the molecule is CCC(C(=O)NC(C)C)N(Cc1ccc(Cl)cc1)C(=O)CSCc1cccc(C)c1. The molecule has 4 nitrogen and oxygen atoms in total. The first-order valence-corrected chi connectivity index (χ1v) is 11.8. The molecule has 1 atom stereocenters. The fourth-order valence-corrected chi connectivity index (χ4v) is 4.21. The molecular formula is C24H31ClN2O2S. The van der Waals surface area contributed by atoms with Gasteiger partial charge in [0.25, 0.3) is 0 Å². The zero-order valence-electron chi connectivity index (χ0n) is 18.2. The number of rotatable bonds is 10. The number of hydrogen-bond donors (Lipinski definition) is 1. The van der Waals surface area contributed by atoms with Gasteiger partial charge in [-0.15, -0.1) is 11.8 Å². The zero-order chi connectivity index (χ0) is 22.1. The van der Waals surface area contributed by atoms with Crippen molar-refractivity contribution in [1.29, 1.82) is 0 Å². The van der Waals surface area contributed by atoms with Crippen LogP contribution in [-0.4, -0.2) is 34.6 Å². The quantitative estimate of drug-likeness (QED) is 0.544. The minimum absolute atomic E-state index is 0.0229. The Balaban J connectivity index is 2.12. The Morgan fingerprint density at radius 2 is 1.80 bits per heavy atom.